The fraction of sp³-hybridized carbons (Fsp3) is 0.559. The number of aromatic nitrogens is 1. The number of hydrogen-bond acceptors (Lipinski definition) is 10. The van der Waals surface area contributed by atoms with Crippen molar-refractivity contribution in [1.82, 2.24) is 15.6 Å². The Labute approximate surface area is 277 Å². The van der Waals surface area contributed by atoms with Crippen LogP contribution in [0.25, 0.3) is 11.1 Å². The summed E-state index contributed by atoms with van der Waals surface area (Å²) in [7, 11) is 0. The summed E-state index contributed by atoms with van der Waals surface area (Å²) in [6, 6.07) is 10.1. The molecule has 0 saturated carbocycles. The third-order valence-corrected chi connectivity index (χ3v) is 6.21. The Morgan fingerprint density at radius 2 is 1.38 bits per heavy atom. The number of pyridine rings is 1. The van der Waals surface area contributed by atoms with Gasteiger partial charge in [-0.3, -0.25) is 4.79 Å². The van der Waals surface area contributed by atoms with E-state index in [-0.39, 0.29) is 18.2 Å². The fourth-order valence-corrected chi connectivity index (χ4v) is 3.72. The van der Waals surface area contributed by atoms with Crippen LogP contribution in [-0.4, -0.2) is 70.8 Å². The van der Waals surface area contributed by atoms with Crippen LogP contribution in [-0.2, 0) is 23.9 Å². The van der Waals surface area contributed by atoms with E-state index in [4.69, 9.17) is 23.8 Å². The van der Waals surface area contributed by atoms with Gasteiger partial charge in [-0.15, -0.1) is 0 Å². The number of rotatable bonds is 12. The molecule has 0 fully saturated rings. The van der Waals surface area contributed by atoms with Crippen molar-refractivity contribution < 1.29 is 43.3 Å². The van der Waals surface area contributed by atoms with Gasteiger partial charge in [-0.25, -0.2) is 14.6 Å². The molecule has 260 valence electrons. The Hall–Kier alpha value is -4.48. The zero-order valence-corrected chi connectivity index (χ0v) is 28.9. The second-order valence-electron chi connectivity index (χ2n) is 13.8. The molecule has 0 aliphatic rings. The average Bonchev–Trinajstić information content (AvgIpc) is 2.94. The molecule has 0 aliphatic heterocycles. The van der Waals surface area contributed by atoms with Crippen molar-refractivity contribution in [3.05, 3.63) is 42.6 Å². The molecule has 2 rings (SSSR count). The number of anilines is 1. The zero-order valence-electron chi connectivity index (χ0n) is 28.9. The number of amides is 3. The van der Waals surface area contributed by atoms with E-state index in [1.54, 1.807) is 53.8 Å². The van der Waals surface area contributed by atoms with Crippen LogP contribution in [0.4, 0.5) is 15.4 Å². The summed E-state index contributed by atoms with van der Waals surface area (Å²) in [4.78, 5) is 58.1. The Morgan fingerprint density at radius 1 is 0.830 bits per heavy atom. The lowest BCUT2D eigenvalue weighted by Gasteiger charge is -2.25. The van der Waals surface area contributed by atoms with Crippen molar-refractivity contribution in [1.29, 1.82) is 0 Å². The van der Waals surface area contributed by atoms with Gasteiger partial charge in [0.1, 0.15) is 35.4 Å². The highest BCUT2D eigenvalue weighted by Gasteiger charge is 2.25. The van der Waals surface area contributed by atoms with Gasteiger partial charge in [0.05, 0.1) is 6.10 Å². The highest BCUT2D eigenvalue weighted by Crippen LogP contribution is 2.24. The number of hydrogen-bond donors (Lipinski definition) is 4. The van der Waals surface area contributed by atoms with Crippen molar-refractivity contribution in [3.8, 4) is 16.9 Å². The van der Waals surface area contributed by atoms with E-state index in [9.17, 15) is 19.5 Å². The van der Waals surface area contributed by atoms with Gasteiger partial charge in [0.2, 0.25) is 5.91 Å². The van der Waals surface area contributed by atoms with Crippen LogP contribution < -0.4 is 20.7 Å². The number of nitrogens with zero attached hydrogens (tertiary/aromatic N) is 1. The average molecular weight is 659 g/mol. The van der Waals surface area contributed by atoms with Crippen LogP contribution in [0.3, 0.4) is 0 Å². The zero-order chi connectivity index (χ0) is 35.8. The molecule has 47 heavy (non-hydrogen) atoms. The van der Waals surface area contributed by atoms with Gasteiger partial charge in [-0.2, -0.15) is 9.59 Å². The van der Waals surface area contributed by atoms with E-state index in [0.29, 0.717) is 37.4 Å². The van der Waals surface area contributed by atoms with Gasteiger partial charge < -0.3 is 35.3 Å². The maximum atomic E-state index is 13.2. The molecule has 0 radical (unpaired) electrons. The maximum Gasteiger partial charge on any atom is 0.408 e. The van der Waals surface area contributed by atoms with Crippen LogP contribution >= 0.6 is 0 Å². The highest BCUT2D eigenvalue weighted by molar-refractivity contribution is 5.96. The summed E-state index contributed by atoms with van der Waals surface area (Å²) in [6.45, 7) is 17.0. The number of alkyl carbamates (subject to hydrolysis) is 2. The predicted molar refractivity (Wildman–Crippen MR) is 176 cm³/mol. The number of carbonyl (C=O) groups excluding carboxylic acids is 5. The lowest BCUT2D eigenvalue weighted by molar-refractivity contribution is -0.191. The van der Waals surface area contributed by atoms with Crippen LogP contribution in [0.1, 0.15) is 81.6 Å². The summed E-state index contributed by atoms with van der Waals surface area (Å²) in [6.07, 6.45) is 1.54. The molecule has 2 atom stereocenters. The molecule has 0 saturated heterocycles. The van der Waals surface area contributed by atoms with Gasteiger partial charge in [-0.05, 0) is 96.0 Å². The monoisotopic (exact) mass is 658 g/mol. The molecule has 4 N–H and O–H groups in total. The lowest BCUT2D eigenvalue weighted by atomic mass is 9.90. The van der Waals surface area contributed by atoms with Gasteiger partial charge in [0.25, 0.3) is 0 Å². The molecule has 1 aromatic carbocycles. The topological polar surface area (TPSA) is 182 Å². The lowest BCUT2D eigenvalue weighted by Crippen LogP contribution is -2.46. The summed E-state index contributed by atoms with van der Waals surface area (Å²) < 4.78 is 16.3. The number of benzene rings is 1. The first kappa shape index (κ1) is 40.5. The van der Waals surface area contributed by atoms with Crippen molar-refractivity contribution in [2.75, 3.05) is 18.5 Å². The molecular weight excluding hydrogens is 608 g/mol. The van der Waals surface area contributed by atoms with Gasteiger partial charge >= 0.3 is 18.3 Å². The molecule has 3 amide bonds. The van der Waals surface area contributed by atoms with Crippen LogP contribution in [0.5, 0.6) is 5.75 Å². The Bertz CT molecular complexity index is 1300. The molecule has 1 heterocycles. The van der Waals surface area contributed by atoms with E-state index >= 15 is 0 Å². The van der Waals surface area contributed by atoms with E-state index in [1.165, 1.54) is 0 Å². The highest BCUT2D eigenvalue weighted by atomic mass is 16.6. The van der Waals surface area contributed by atoms with Gasteiger partial charge in [0.15, 0.2) is 0 Å². The Morgan fingerprint density at radius 3 is 1.89 bits per heavy atom. The van der Waals surface area contributed by atoms with Crippen LogP contribution in [0, 0.1) is 5.41 Å². The molecule has 0 spiro atoms. The Kier molecular flexibility index (Phi) is 16.1. The fourth-order valence-electron chi connectivity index (χ4n) is 3.72. The molecule has 0 unspecified atom stereocenters. The summed E-state index contributed by atoms with van der Waals surface area (Å²) in [5.41, 5.74) is 0.161. The minimum atomic E-state index is -0.878. The number of unbranched alkanes of at least 4 members (excludes halogenated alkanes) is 1. The van der Waals surface area contributed by atoms with Gasteiger partial charge in [0, 0.05) is 18.3 Å². The molecule has 1 aromatic heterocycles. The molecule has 13 heteroatoms. The summed E-state index contributed by atoms with van der Waals surface area (Å²) >= 11 is 0. The molecule has 2 aromatic rings. The van der Waals surface area contributed by atoms with Crippen molar-refractivity contribution in [2.24, 2.45) is 5.41 Å². The van der Waals surface area contributed by atoms with Crippen LogP contribution in [0.2, 0.25) is 0 Å². The van der Waals surface area contributed by atoms with Crippen LogP contribution in [0.15, 0.2) is 42.6 Å². The molecule has 13 nitrogen and oxygen atoms in total. The summed E-state index contributed by atoms with van der Waals surface area (Å²) in [5.74, 6) is 0.547. The van der Waals surface area contributed by atoms with E-state index < -0.39 is 41.4 Å². The van der Waals surface area contributed by atoms with Crippen molar-refractivity contribution in [3.63, 3.8) is 0 Å². The first-order valence-electron chi connectivity index (χ1n) is 15.4. The third kappa shape index (κ3) is 17.7. The smallest absolute Gasteiger partial charge is 0.408 e. The van der Waals surface area contributed by atoms with Crippen molar-refractivity contribution in [2.45, 2.75) is 105 Å². The second-order valence-corrected chi connectivity index (χ2v) is 13.8. The number of nitrogens with one attached hydrogen (secondary N) is 3. The van der Waals surface area contributed by atoms with E-state index in [1.807, 2.05) is 51.1 Å². The standard InChI is InChI=1S/C33H50N4O7.CO2/c1-31(2,3)26(38)21-42-24-16-13-22(14-17-24)23-15-18-27(35-20-23)37-28(39)25(36-30(41)44-33(7,8)9)12-10-11-19-34-29(40)43-32(4,5)6;2-1-3/h13-18,20,25-26,38H,10-12,19,21H2,1-9H3,(H,34,40)(H,36,41)(H,35,37,39);/t25-,26+;/m0./s1. The molecule has 0 bridgehead atoms. The molecule has 0 aliphatic carbocycles. The maximum absolute atomic E-state index is 13.2. The summed E-state index contributed by atoms with van der Waals surface area (Å²) in [5, 5.41) is 18.3. The normalized spacial score (nSPS) is 12.6. The van der Waals surface area contributed by atoms with E-state index in [2.05, 4.69) is 20.9 Å². The first-order valence-corrected chi connectivity index (χ1v) is 15.4. The molecular formula is C34H50N4O9. The van der Waals surface area contributed by atoms with Crippen molar-refractivity contribution >= 4 is 30.1 Å². The van der Waals surface area contributed by atoms with E-state index in [0.717, 1.165) is 11.1 Å². The second kappa shape index (κ2) is 18.6. The number of aliphatic hydroxyl groups excluding tert-OH is 1. The SMILES string of the molecule is CC(C)(C)OC(=O)NCCCC[C@H](NC(=O)OC(C)(C)C)C(=O)Nc1ccc(-c2ccc(OC[C@@H](O)C(C)(C)C)cc2)cn1.O=C=O. The minimum absolute atomic E-state index is 0.200. The predicted octanol–water partition coefficient (Wildman–Crippen LogP) is 5.48. The van der Waals surface area contributed by atoms with Gasteiger partial charge in [-0.1, -0.05) is 32.9 Å². The number of ether oxygens (including phenoxy) is 3. The Balaban J connectivity index is 0.00000354. The minimum Gasteiger partial charge on any atom is -0.491 e. The third-order valence-electron chi connectivity index (χ3n) is 6.21. The quantitative estimate of drug-likeness (QED) is 0.213. The largest absolute Gasteiger partial charge is 0.491 e. The number of carbonyl (C=O) groups is 3. The number of aliphatic hydroxyl groups is 1. The first-order chi connectivity index (χ1) is 21.7.